The Labute approximate surface area is 187 Å². The van der Waals surface area contributed by atoms with Crippen LogP contribution in [0.2, 0.25) is 5.02 Å². The molecule has 1 aliphatic heterocycles. The maximum atomic E-state index is 12.6. The van der Waals surface area contributed by atoms with Gasteiger partial charge in [0.15, 0.2) is 0 Å². The van der Waals surface area contributed by atoms with Gasteiger partial charge in [0.1, 0.15) is 17.9 Å². The van der Waals surface area contributed by atoms with Crippen LogP contribution in [0.3, 0.4) is 0 Å². The van der Waals surface area contributed by atoms with Crippen molar-refractivity contribution in [3.8, 4) is 17.0 Å². The number of nitrogens with one attached hydrogen (secondary N) is 1. The predicted octanol–water partition coefficient (Wildman–Crippen LogP) is 4.34. The largest absolute Gasteiger partial charge is 0.497 e. The van der Waals surface area contributed by atoms with Crippen LogP contribution in [-0.4, -0.2) is 36.1 Å². The van der Waals surface area contributed by atoms with Gasteiger partial charge >= 0.3 is 0 Å². The van der Waals surface area contributed by atoms with Gasteiger partial charge in [-0.3, -0.25) is 4.79 Å². The fourth-order valence-electron chi connectivity index (χ4n) is 3.75. The fraction of sp³-hybridized carbons (Fsp3) is 0.292. The first kappa shape index (κ1) is 21.1. The minimum Gasteiger partial charge on any atom is -0.497 e. The van der Waals surface area contributed by atoms with Crippen molar-refractivity contribution in [3.63, 3.8) is 0 Å². The highest BCUT2D eigenvalue weighted by molar-refractivity contribution is 6.30. The summed E-state index contributed by atoms with van der Waals surface area (Å²) in [5.74, 6) is 1.83. The number of amides is 1. The molecule has 1 N–H and O–H groups in total. The van der Waals surface area contributed by atoms with E-state index in [0.29, 0.717) is 11.6 Å². The smallest absolute Gasteiger partial charge is 0.223 e. The van der Waals surface area contributed by atoms with E-state index in [0.717, 1.165) is 54.3 Å². The monoisotopic (exact) mass is 436 g/mol. The molecule has 6 nitrogen and oxygen atoms in total. The minimum absolute atomic E-state index is 0.0199. The van der Waals surface area contributed by atoms with Crippen LogP contribution in [0.1, 0.15) is 18.4 Å². The molecule has 1 amide bonds. The molecule has 160 valence electrons. The van der Waals surface area contributed by atoms with Gasteiger partial charge in [-0.15, -0.1) is 0 Å². The average Bonchev–Trinajstić information content (AvgIpc) is 2.84. The Kier molecular flexibility index (Phi) is 6.67. The molecular weight excluding hydrogens is 412 g/mol. The van der Waals surface area contributed by atoms with Gasteiger partial charge in [-0.2, -0.15) is 0 Å². The molecule has 0 saturated carbocycles. The lowest BCUT2D eigenvalue weighted by molar-refractivity contribution is -0.125. The summed E-state index contributed by atoms with van der Waals surface area (Å²) in [5.41, 5.74) is 2.93. The zero-order chi connectivity index (χ0) is 21.6. The van der Waals surface area contributed by atoms with Crippen molar-refractivity contribution in [2.75, 3.05) is 25.1 Å². The van der Waals surface area contributed by atoms with Crippen molar-refractivity contribution in [1.29, 1.82) is 0 Å². The lowest BCUT2D eigenvalue weighted by Crippen LogP contribution is -2.40. The predicted molar refractivity (Wildman–Crippen MR) is 122 cm³/mol. The van der Waals surface area contributed by atoms with Crippen LogP contribution < -0.4 is 15.0 Å². The number of halogens is 1. The molecule has 1 aromatic heterocycles. The minimum atomic E-state index is 0.0199. The van der Waals surface area contributed by atoms with Crippen molar-refractivity contribution in [3.05, 3.63) is 71.5 Å². The maximum absolute atomic E-state index is 12.6. The van der Waals surface area contributed by atoms with Crippen molar-refractivity contribution in [2.24, 2.45) is 5.92 Å². The summed E-state index contributed by atoms with van der Waals surface area (Å²) in [6.07, 6.45) is 3.20. The Morgan fingerprint density at radius 1 is 1.10 bits per heavy atom. The van der Waals surface area contributed by atoms with Gasteiger partial charge in [-0.1, -0.05) is 23.7 Å². The molecule has 0 bridgehead atoms. The first-order valence-electron chi connectivity index (χ1n) is 10.4. The molecular formula is C24H25ClN4O2. The molecule has 31 heavy (non-hydrogen) atoms. The average molecular weight is 437 g/mol. The van der Waals surface area contributed by atoms with Crippen LogP contribution >= 0.6 is 11.6 Å². The number of aromatic nitrogens is 2. The summed E-state index contributed by atoms with van der Waals surface area (Å²) in [7, 11) is 1.65. The molecule has 7 heteroatoms. The number of nitrogens with zero attached hydrogens (tertiary/aromatic N) is 3. The van der Waals surface area contributed by atoms with Crippen LogP contribution in [0.4, 0.5) is 5.82 Å². The lowest BCUT2D eigenvalue weighted by Gasteiger charge is -2.32. The third-order valence-corrected chi connectivity index (χ3v) is 5.86. The summed E-state index contributed by atoms with van der Waals surface area (Å²) in [4.78, 5) is 23.7. The zero-order valence-corrected chi connectivity index (χ0v) is 18.2. The standard InChI is InChI=1S/C24H25ClN4O2/c1-31-21-8-4-18(5-9-21)22-14-23(28-16-27-22)29-12-10-19(11-13-29)24(30)26-15-17-2-6-20(25)7-3-17/h2-9,14,16,19H,10-13,15H2,1H3,(H,26,30). The van der Waals surface area contributed by atoms with Crippen molar-refractivity contribution in [1.82, 2.24) is 15.3 Å². The van der Waals surface area contributed by atoms with Crippen LogP contribution in [-0.2, 0) is 11.3 Å². The third-order valence-electron chi connectivity index (χ3n) is 5.61. The summed E-state index contributed by atoms with van der Waals surface area (Å²) in [6.45, 7) is 2.10. The number of anilines is 1. The van der Waals surface area contributed by atoms with Gasteiger partial charge in [0.05, 0.1) is 12.8 Å². The van der Waals surface area contributed by atoms with Gasteiger partial charge in [0, 0.05) is 42.2 Å². The molecule has 0 spiro atoms. The Balaban J connectivity index is 1.33. The highest BCUT2D eigenvalue weighted by atomic mass is 35.5. The molecule has 1 fully saturated rings. The number of ether oxygens (including phenoxy) is 1. The molecule has 3 aromatic rings. The quantitative estimate of drug-likeness (QED) is 0.622. The number of hydrogen-bond acceptors (Lipinski definition) is 5. The highest BCUT2D eigenvalue weighted by Crippen LogP contribution is 2.26. The summed E-state index contributed by atoms with van der Waals surface area (Å²) >= 11 is 5.91. The van der Waals surface area contributed by atoms with Crippen molar-refractivity contribution >= 4 is 23.3 Å². The molecule has 2 aromatic carbocycles. The van der Waals surface area contributed by atoms with E-state index in [4.69, 9.17) is 16.3 Å². The normalized spacial score (nSPS) is 14.3. The second-order valence-electron chi connectivity index (χ2n) is 7.60. The Bertz CT molecular complexity index is 1020. The van der Waals surface area contributed by atoms with Crippen LogP contribution in [0.15, 0.2) is 60.9 Å². The van der Waals surface area contributed by atoms with E-state index in [9.17, 15) is 4.79 Å². The zero-order valence-electron chi connectivity index (χ0n) is 17.4. The summed E-state index contributed by atoms with van der Waals surface area (Å²) in [6, 6.07) is 17.4. The molecule has 0 radical (unpaired) electrons. The molecule has 4 rings (SSSR count). The topological polar surface area (TPSA) is 67.3 Å². The number of benzene rings is 2. The van der Waals surface area contributed by atoms with E-state index in [1.165, 1.54) is 0 Å². The Morgan fingerprint density at radius 2 is 1.81 bits per heavy atom. The highest BCUT2D eigenvalue weighted by Gasteiger charge is 2.25. The van der Waals surface area contributed by atoms with Gasteiger partial charge < -0.3 is 15.0 Å². The lowest BCUT2D eigenvalue weighted by atomic mass is 9.95. The summed E-state index contributed by atoms with van der Waals surface area (Å²) < 4.78 is 5.22. The van der Waals surface area contributed by atoms with Gasteiger partial charge in [0.2, 0.25) is 5.91 Å². The van der Waals surface area contributed by atoms with E-state index in [2.05, 4.69) is 20.2 Å². The third kappa shape index (κ3) is 5.33. The van der Waals surface area contributed by atoms with E-state index in [-0.39, 0.29) is 11.8 Å². The molecule has 0 unspecified atom stereocenters. The van der Waals surface area contributed by atoms with Crippen LogP contribution in [0, 0.1) is 5.92 Å². The molecule has 0 atom stereocenters. The maximum Gasteiger partial charge on any atom is 0.223 e. The molecule has 1 saturated heterocycles. The number of carbonyl (C=O) groups is 1. The van der Waals surface area contributed by atoms with Gasteiger partial charge in [-0.25, -0.2) is 9.97 Å². The first-order valence-corrected chi connectivity index (χ1v) is 10.7. The number of methoxy groups -OCH3 is 1. The Hall–Kier alpha value is -3.12. The number of rotatable bonds is 6. The first-order chi connectivity index (χ1) is 15.1. The summed E-state index contributed by atoms with van der Waals surface area (Å²) in [5, 5.41) is 3.74. The van der Waals surface area contributed by atoms with Crippen LogP contribution in [0.25, 0.3) is 11.3 Å². The SMILES string of the molecule is COc1ccc(-c2cc(N3CCC(C(=O)NCc4ccc(Cl)cc4)CC3)ncn2)cc1. The Morgan fingerprint density at radius 3 is 2.48 bits per heavy atom. The van der Waals surface area contributed by atoms with Crippen LogP contribution in [0.5, 0.6) is 5.75 Å². The number of piperidine rings is 1. The number of carbonyl (C=O) groups excluding carboxylic acids is 1. The van der Waals surface area contributed by atoms with Crippen molar-refractivity contribution in [2.45, 2.75) is 19.4 Å². The second-order valence-corrected chi connectivity index (χ2v) is 8.03. The molecule has 2 heterocycles. The molecule has 1 aliphatic rings. The van der Waals surface area contributed by atoms with Gasteiger partial charge in [0.25, 0.3) is 0 Å². The van der Waals surface area contributed by atoms with Gasteiger partial charge in [-0.05, 0) is 54.8 Å². The second kappa shape index (κ2) is 9.79. The van der Waals surface area contributed by atoms with Crippen molar-refractivity contribution < 1.29 is 9.53 Å². The fourth-order valence-corrected chi connectivity index (χ4v) is 3.87. The molecule has 0 aliphatic carbocycles. The van der Waals surface area contributed by atoms with E-state index >= 15 is 0 Å². The van der Waals surface area contributed by atoms with E-state index < -0.39 is 0 Å². The number of hydrogen-bond donors (Lipinski definition) is 1. The van der Waals surface area contributed by atoms with E-state index in [1.54, 1.807) is 13.4 Å². The van der Waals surface area contributed by atoms with E-state index in [1.807, 2.05) is 54.6 Å².